The lowest BCUT2D eigenvalue weighted by molar-refractivity contribution is 0.0298. The van der Waals surface area contributed by atoms with E-state index in [1.54, 1.807) is 16.8 Å². The van der Waals surface area contributed by atoms with Crippen LogP contribution >= 0.6 is 23.2 Å². The second-order valence-electron chi connectivity index (χ2n) is 6.67. The van der Waals surface area contributed by atoms with Crippen LogP contribution in [0.3, 0.4) is 0 Å². The fraction of sp³-hybridized carbons (Fsp3) is 0.556. The van der Waals surface area contributed by atoms with Crippen LogP contribution in [0.5, 0.6) is 0 Å². The lowest BCUT2D eigenvalue weighted by Gasteiger charge is -2.17. The predicted octanol–water partition coefficient (Wildman–Crippen LogP) is 4.36. The quantitative estimate of drug-likeness (QED) is 0.834. The van der Waals surface area contributed by atoms with E-state index in [-0.39, 0.29) is 12.0 Å². The molecule has 1 saturated heterocycles. The maximum atomic E-state index is 6.37. The summed E-state index contributed by atoms with van der Waals surface area (Å²) in [6.45, 7) is 6.71. The van der Waals surface area contributed by atoms with E-state index in [0.717, 1.165) is 43.7 Å². The second-order valence-corrected chi connectivity index (χ2v) is 7.49. The first-order chi connectivity index (χ1) is 12.1. The highest BCUT2D eigenvalue weighted by atomic mass is 35.5. The van der Waals surface area contributed by atoms with Crippen molar-refractivity contribution in [3.8, 4) is 5.69 Å². The van der Waals surface area contributed by atoms with Crippen LogP contribution < -0.4 is 5.32 Å². The van der Waals surface area contributed by atoms with Gasteiger partial charge in [0, 0.05) is 0 Å². The molecule has 2 heterocycles. The molecule has 0 bridgehead atoms. The molecule has 1 N–H and O–H groups in total. The minimum absolute atomic E-state index is 0.240. The van der Waals surface area contributed by atoms with E-state index in [2.05, 4.69) is 29.5 Å². The van der Waals surface area contributed by atoms with E-state index < -0.39 is 0 Å². The highest BCUT2D eigenvalue weighted by Gasteiger charge is 2.22. The van der Waals surface area contributed by atoms with Crippen molar-refractivity contribution in [2.45, 2.75) is 51.7 Å². The fourth-order valence-electron chi connectivity index (χ4n) is 3.12. The molecular formula is C18H24Cl2N4O. The Labute approximate surface area is 158 Å². The number of rotatable bonds is 5. The molecule has 2 aromatic rings. The molecule has 1 aliphatic rings. The summed E-state index contributed by atoms with van der Waals surface area (Å²) in [6, 6.07) is 5.44. The molecule has 0 saturated carbocycles. The summed E-state index contributed by atoms with van der Waals surface area (Å²) in [5.74, 6) is 0.240. The summed E-state index contributed by atoms with van der Waals surface area (Å²) in [7, 11) is 0. The molecule has 1 fully saturated rings. The third-order valence-corrected chi connectivity index (χ3v) is 5.08. The minimum atomic E-state index is 0.240. The Balaban J connectivity index is 1.89. The minimum Gasteiger partial charge on any atom is -0.372 e. The smallest absolute Gasteiger partial charge is 0.104 e. The molecule has 0 spiro atoms. The molecule has 7 heteroatoms. The van der Waals surface area contributed by atoms with Crippen LogP contribution in [-0.2, 0) is 11.3 Å². The summed E-state index contributed by atoms with van der Waals surface area (Å²) in [5, 5.41) is 13.2. The van der Waals surface area contributed by atoms with E-state index in [4.69, 9.17) is 27.9 Å². The number of aromatic nitrogens is 3. The molecule has 0 amide bonds. The monoisotopic (exact) mass is 382 g/mol. The zero-order valence-electron chi connectivity index (χ0n) is 14.6. The molecule has 3 rings (SSSR count). The highest BCUT2D eigenvalue weighted by molar-refractivity contribution is 6.37. The van der Waals surface area contributed by atoms with Gasteiger partial charge in [0.05, 0.1) is 34.1 Å². The van der Waals surface area contributed by atoms with Gasteiger partial charge < -0.3 is 10.1 Å². The molecule has 1 unspecified atom stereocenters. The normalized spacial score (nSPS) is 18.5. The molecule has 0 radical (unpaired) electrons. The number of nitrogens with one attached hydrogen (secondary N) is 1. The first-order valence-electron chi connectivity index (χ1n) is 8.79. The molecular weight excluding hydrogens is 359 g/mol. The Bertz CT molecular complexity index is 689. The topological polar surface area (TPSA) is 52.0 Å². The Morgan fingerprint density at radius 3 is 2.72 bits per heavy atom. The van der Waals surface area contributed by atoms with E-state index >= 15 is 0 Å². The van der Waals surface area contributed by atoms with Crippen molar-refractivity contribution >= 4 is 23.2 Å². The lowest BCUT2D eigenvalue weighted by atomic mass is 10.1. The molecule has 1 aromatic carbocycles. The van der Waals surface area contributed by atoms with Gasteiger partial charge in [-0.3, -0.25) is 0 Å². The van der Waals surface area contributed by atoms with Crippen LogP contribution in [0, 0.1) is 0 Å². The first kappa shape index (κ1) is 18.6. The van der Waals surface area contributed by atoms with Crippen molar-refractivity contribution in [3.05, 3.63) is 39.6 Å². The molecule has 1 atom stereocenters. The van der Waals surface area contributed by atoms with Gasteiger partial charge >= 0.3 is 0 Å². The molecule has 1 aliphatic heterocycles. The van der Waals surface area contributed by atoms with Crippen LogP contribution in [0.15, 0.2) is 18.2 Å². The first-order valence-corrected chi connectivity index (χ1v) is 9.54. The Kier molecular flexibility index (Phi) is 6.34. The van der Waals surface area contributed by atoms with Gasteiger partial charge in [0.2, 0.25) is 0 Å². The second kappa shape index (κ2) is 8.49. The number of nitrogens with zero attached hydrogens (tertiary/aromatic N) is 3. The average molecular weight is 383 g/mol. The van der Waals surface area contributed by atoms with E-state index in [0.29, 0.717) is 22.3 Å². The van der Waals surface area contributed by atoms with Crippen molar-refractivity contribution in [1.82, 2.24) is 20.3 Å². The van der Waals surface area contributed by atoms with Crippen LogP contribution in [0.25, 0.3) is 5.69 Å². The summed E-state index contributed by atoms with van der Waals surface area (Å²) < 4.78 is 7.94. The van der Waals surface area contributed by atoms with E-state index in [1.165, 1.54) is 0 Å². The third kappa shape index (κ3) is 4.34. The van der Waals surface area contributed by atoms with Crippen molar-refractivity contribution in [2.24, 2.45) is 0 Å². The van der Waals surface area contributed by atoms with Crippen molar-refractivity contribution in [1.29, 1.82) is 0 Å². The summed E-state index contributed by atoms with van der Waals surface area (Å²) in [5.41, 5.74) is 2.50. The number of hydrogen-bond acceptors (Lipinski definition) is 4. The number of halogens is 2. The van der Waals surface area contributed by atoms with E-state index in [9.17, 15) is 0 Å². The van der Waals surface area contributed by atoms with Gasteiger partial charge in [-0.05, 0) is 50.4 Å². The van der Waals surface area contributed by atoms with Gasteiger partial charge in [-0.1, -0.05) is 48.3 Å². The van der Waals surface area contributed by atoms with Crippen molar-refractivity contribution < 1.29 is 4.74 Å². The summed E-state index contributed by atoms with van der Waals surface area (Å²) >= 11 is 12.7. The van der Waals surface area contributed by atoms with Gasteiger partial charge in [-0.15, -0.1) is 5.10 Å². The standard InChI is InChI=1S/C18H24Cl2N4O/c1-12(2)17-16(11-25-13-5-4-9-21-10-8-13)24(23-22-17)18-14(19)6-3-7-15(18)20/h3,6-7,12-13,21H,4-5,8-11H2,1-2H3. The molecule has 25 heavy (non-hydrogen) atoms. The largest absolute Gasteiger partial charge is 0.372 e. The van der Waals surface area contributed by atoms with Gasteiger partial charge in [-0.2, -0.15) is 0 Å². The molecule has 5 nitrogen and oxygen atoms in total. The SMILES string of the molecule is CC(C)c1nnn(-c2c(Cl)cccc2Cl)c1COC1CCCNCC1. The van der Waals surface area contributed by atoms with Crippen molar-refractivity contribution in [3.63, 3.8) is 0 Å². The lowest BCUT2D eigenvalue weighted by Crippen LogP contribution is -2.18. The van der Waals surface area contributed by atoms with Gasteiger partial charge in [-0.25, -0.2) is 4.68 Å². The maximum absolute atomic E-state index is 6.37. The summed E-state index contributed by atoms with van der Waals surface area (Å²) in [6.07, 6.45) is 3.47. The number of hydrogen-bond donors (Lipinski definition) is 1. The van der Waals surface area contributed by atoms with Crippen LogP contribution in [0.2, 0.25) is 10.0 Å². The van der Waals surface area contributed by atoms with Crippen LogP contribution in [0.4, 0.5) is 0 Å². The number of benzene rings is 1. The fourth-order valence-corrected chi connectivity index (χ4v) is 3.68. The Hall–Kier alpha value is -1.14. The van der Waals surface area contributed by atoms with Gasteiger partial charge in [0.15, 0.2) is 0 Å². The van der Waals surface area contributed by atoms with Gasteiger partial charge in [0.1, 0.15) is 5.69 Å². The molecule has 1 aromatic heterocycles. The third-order valence-electron chi connectivity index (χ3n) is 4.47. The average Bonchev–Trinajstić information content (AvgIpc) is 2.81. The zero-order chi connectivity index (χ0) is 17.8. The van der Waals surface area contributed by atoms with E-state index in [1.807, 2.05) is 6.07 Å². The van der Waals surface area contributed by atoms with Crippen LogP contribution in [-0.4, -0.2) is 34.2 Å². The Morgan fingerprint density at radius 1 is 1.24 bits per heavy atom. The molecule has 0 aliphatic carbocycles. The van der Waals surface area contributed by atoms with Crippen LogP contribution in [0.1, 0.15) is 50.4 Å². The Morgan fingerprint density at radius 2 is 2.00 bits per heavy atom. The maximum Gasteiger partial charge on any atom is 0.104 e. The molecule has 136 valence electrons. The van der Waals surface area contributed by atoms with Crippen molar-refractivity contribution in [2.75, 3.05) is 13.1 Å². The number of para-hydroxylation sites is 1. The van der Waals surface area contributed by atoms with Gasteiger partial charge in [0.25, 0.3) is 0 Å². The number of ether oxygens (including phenoxy) is 1. The summed E-state index contributed by atoms with van der Waals surface area (Å²) in [4.78, 5) is 0. The predicted molar refractivity (Wildman–Crippen MR) is 101 cm³/mol. The zero-order valence-corrected chi connectivity index (χ0v) is 16.1. The highest BCUT2D eigenvalue weighted by Crippen LogP contribution is 2.31.